The van der Waals surface area contributed by atoms with Crippen molar-refractivity contribution in [3.05, 3.63) is 64.7 Å². The average molecular weight is 335 g/mol. The largest absolute Gasteiger partial charge is 0.483 e. The Kier molecular flexibility index (Phi) is 5.87. The third-order valence-corrected chi connectivity index (χ3v) is 3.53. The fraction of sp³-hybridized carbons (Fsp3) is 0.278. The molecule has 2 rings (SSSR count). The van der Waals surface area contributed by atoms with Crippen LogP contribution in [0.1, 0.15) is 22.8 Å². The van der Waals surface area contributed by atoms with Crippen molar-refractivity contribution in [3.8, 4) is 5.75 Å². The molecule has 1 unspecified atom stereocenters. The van der Waals surface area contributed by atoms with Gasteiger partial charge in [-0.2, -0.15) is 0 Å². The Bertz CT molecular complexity index is 714. The van der Waals surface area contributed by atoms with E-state index in [1.807, 2.05) is 32.0 Å². The highest BCUT2D eigenvalue weighted by molar-refractivity contribution is 5.77. The number of amides is 1. The van der Waals surface area contributed by atoms with Gasteiger partial charge in [0.15, 0.2) is 6.61 Å². The lowest BCUT2D eigenvalue weighted by Gasteiger charge is -2.14. The first-order valence-electron chi connectivity index (χ1n) is 7.47. The summed E-state index contributed by atoms with van der Waals surface area (Å²) in [6.45, 7) is 3.20. The molecule has 0 aliphatic rings. The monoisotopic (exact) mass is 335 g/mol. The zero-order valence-corrected chi connectivity index (χ0v) is 13.5. The van der Waals surface area contributed by atoms with E-state index in [1.165, 1.54) is 6.07 Å². The van der Waals surface area contributed by atoms with E-state index in [4.69, 9.17) is 4.74 Å². The van der Waals surface area contributed by atoms with E-state index in [1.54, 1.807) is 0 Å². The highest BCUT2D eigenvalue weighted by Crippen LogP contribution is 2.20. The maximum atomic E-state index is 13.5. The van der Waals surface area contributed by atoms with Gasteiger partial charge in [-0.25, -0.2) is 8.78 Å². The van der Waals surface area contributed by atoms with E-state index in [9.17, 15) is 18.7 Å². The number of hydrogen-bond donors (Lipinski definition) is 2. The minimum absolute atomic E-state index is 0.253. The van der Waals surface area contributed by atoms with Crippen molar-refractivity contribution in [2.45, 2.75) is 20.0 Å². The van der Waals surface area contributed by atoms with E-state index in [2.05, 4.69) is 5.32 Å². The van der Waals surface area contributed by atoms with Gasteiger partial charge in [-0.05, 0) is 43.2 Å². The zero-order valence-electron chi connectivity index (χ0n) is 13.5. The van der Waals surface area contributed by atoms with Crippen LogP contribution in [0, 0.1) is 25.5 Å². The van der Waals surface area contributed by atoms with Crippen LogP contribution in [0.15, 0.2) is 36.4 Å². The minimum Gasteiger partial charge on any atom is -0.483 e. The van der Waals surface area contributed by atoms with Crippen LogP contribution in [0.4, 0.5) is 8.78 Å². The van der Waals surface area contributed by atoms with Gasteiger partial charge in [0.05, 0.1) is 5.56 Å². The molecule has 0 saturated carbocycles. The second-order valence-electron chi connectivity index (χ2n) is 5.51. The van der Waals surface area contributed by atoms with Crippen molar-refractivity contribution in [2.75, 3.05) is 13.2 Å². The Balaban J connectivity index is 1.88. The number of ether oxygens (including phenoxy) is 1. The number of carbonyl (C=O) groups is 1. The second-order valence-corrected chi connectivity index (χ2v) is 5.51. The van der Waals surface area contributed by atoms with Crippen molar-refractivity contribution in [3.63, 3.8) is 0 Å². The Hall–Kier alpha value is -2.47. The molecule has 0 fully saturated rings. The molecule has 2 N–H and O–H groups in total. The van der Waals surface area contributed by atoms with E-state index in [0.29, 0.717) is 5.75 Å². The van der Waals surface area contributed by atoms with E-state index < -0.39 is 29.2 Å². The summed E-state index contributed by atoms with van der Waals surface area (Å²) in [4.78, 5) is 11.8. The molecule has 0 aromatic heterocycles. The van der Waals surface area contributed by atoms with E-state index in [-0.39, 0.29) is 13.2 Å². The molecule has 0 saturated heterocycles. The predicted molar refractivity (Wildman–Crippen MR) is 85.7 cm³/mol. The molecule has 0 radical (unpaired) electrons. The van der Waals surface area contributed by atoms with Gasteiger partial charge in [0.2, 0.25) is 0 Å². The number of halogens is 2. The Morgan fingerprint density at radius 2 is 1.88 bits per heavy atom. The summed E-state index contributed by atoms with van der Waals surface area (Å²) in [5.41, 5.74) is 1.43. The molecule has 6 heteroatoms. The summed E-state index contributed by atoms with van der Waals surface area (Å²) in [6.07, 6.45) is -1.48. The summed E-state index contributed by atoms with van der Waals surface area (Å²) in [7, 11) is 0. The van der Waals surface area contributed by atoms with Gasteiger partial charge in [-0.3, -0.25) is 4.79 Å². The van der Waals surface area contributed by atoms with Crippen molar-refractivity contribution in [2.24, 2.45) is 0 Å². The van der Waals surface area contributed by atoms with E-state index >= 15 is 0 Å². The van der Waals surface area contributed by atoms with Crippen molar-refractivity contribution < 1.29 is 23.4 Å². The standard InChI is InChI=1S/C18H19F2NO3/c1-11-6-7-12(2)16(8-11)24-10-17(23)21-9-15(22)18-13(19)4-3-5-14(18)20/h3-8,15,22H,9-10H2,1-2H3,(H,21,23). The molecule has 128 valence electrons. The number of benzene rings is 2. The molecule has 1 atom stereocenters. The van der Waals surface area contributed by atoms with Crippen molar-refractivity contribution in [1.82, 2.24) is 5.32 Å². The third-order valence-electron chi connectivity index (χ3n) is 3.53. The number of rotatable bonds is 6. The molecular weight excluding hydrogens is 316 g/mol. The quantitative estimate of drug-likeness (QED) is 0.853. The zero-order chi connectivity index (χ0) is 17.7. The molecule has 0 heterocycles. The summed E-state index contributed by atoms with van der Waals surface area (Å²) in [5, 5.41) is 12.3. The SMILES string of the molecule is Cc1ccc(C)c(OCC(=O)NCC(O)c2c(F)cccc2F)c1. The van der Waals surface area contributed by atoms with Crippen LogP contribution in [0.3, 0.4) is 0 Å². The fourth-order valence-corrected chi connectivity index (χ4v) is 2.20. The Labute approximate surface area is 139 Å². The van der Waals surface area contributed by atoms with Crippen LogP contribution < -0.4 is 10.1 Å². The van der Waals surface area contributed by atoms with Crippen LogP contribution in [0.5, 0.6) is 5.75 Å². The molecule has 2 aromatic rings. The van der Waals surface area contributed by atoms with Crippen LogP contribution in [-0.4, -0.2) is 24.2 Å². The molecule has 0 aliphatic heterocycles. The number of aryl methyl sites for hydroxylation is 2. The fourth-order valence-electron chi connectivity index (χ4n) is 2.20. The van der Waals surface area contributed by atoms with Gasteiger partial charge in [0.1, 0.15) is 23.5 Å². The number of aliphatic hydroxyl groups excluding tert-OH is 1. The highest BCUT2D eigenvalue weighted by Gasteiger charge is 2.18. The normalized spacial score (nSPS) is 11.9. The Morgan fingerprint density at radius 3 is 2.54 bits per heavy atom. The topological polar surface area (TPSA) is 58.6 Å². The van der Waals surface area contributed by atoms with Crippen LogP contribution >= 0.6 is 0 Å². The summed E-state index contributed by atoms with van der Waals surface area (Å²) < 4.78 is 32.5. The lowest BCUT2D eigenvalue weighted by atomic mass is 10.1. The van der Waals surface area contributed by atoms with Crippen molar-refractivity contribution >= 4 is 5.91 Å². The van der Waals surface area contributed by atoms with E-state index in [0.717, 1.165) is 23.3 Å². The summed E-state index contributed by atoms with van der Waals surface area (Å²) >= 11 is 0. The number of hydrogen-bond acceptors (Lipinski definition) is 3. The number of aliphatic hydroxyl groups is 1. The molecule has 1 amide bonds. The Morgan fingerprint density at radius 1 is 1.21 bits per heavy atom. The first-order valence-corrected chi connectivity index (χ1v) is 7.47. The lowest BCUT2D eigenvalue weighted by Crippen LogP contribution is -2.33. The molecular formula is C18H19F2NO3. The molecule has 0 spiro atoms. The molecule has 2 aromatic carbocycles. The third kappa shape index (κ3) is 4.52. The second kappa shape index (κ2) is 7.88. The number of nitrogens with one attached hydrogen (secondary N) is 1. The van der Waals surface area contributed by atoms with Gasteiger partial charge >= 0.3 is 0 Å². The van der Waals surface area contributed by atoms with Crippen LogP contribution in [0.25, 0.3) is 0 Å². The first-order chi connectivity index (χ1) is 11.4. The van der Waals surface area contributed by atoms with Gasteiger partial charge in [-0.1, -0.05) is 18.2 Å². The predicted octanol–water partition coefficient (Wildman–Crippen LogP) is 2.81. The molecule has 0 aliphatic carbocycles. The first kappa shape index (κ1) is 17.9. The number of carbonyl (C=O) groups excluding carboxylic acids is 1. The van der Waals surface area contributed by atoms with Crippen LogP contribution in [0.2, 0.25) is 0 Å². The van der Waals surface area contributed by atoms with Crippen LogP contribution in [-0.2, 0) is 4.79 Å². The average Bonchev–Trinajstić information content (AvgIpc) is 2.53. The smallest absolute Gasteiger partial charge is 0.258 e. The summed E-state index contributed by atoms with van der Waals surface area (Å²) in [6, 6.07) is 8.93. The van der Waals surface area contributed by atoms with Gasteiger partial charge in [0, 0.05) is 6.54 Å². The van der Waals surface area contributed by atoms with Gasteiger partial charge in [0.25, 0.3) is 5.91 Å². The highest BCUT2D eigenvalue weighted by atomic mass is 19.1. The molecule has 4 nitrogen and oxygen atoms in total. The lowest BCUT2D eigenvalue weighted by molar-refractivity contribution is -0.123. The van der Waals surface area contributed by atoms with Crippen molar-refractivity contribution in [1.29, 1.82) is 0 Å². The van der Waals surface area contributed by atoms with Gasteiger partial charge < -0.3 is 15.2 Å². The maximum Gasteiger partial charge on any atom is 0.258 e. The molecule has 24 heavy (non-hydrogen) atoms. The minimum atomic E-state index is -1.48. The van der Waals surface area contributed by atoms with Gasteiger partial charge in [-0.15, -0.1) is 0 Å². The summed E-state index contributed by atoms with van der Waals surface area (Å²) in [5.74, 6) is -1.62. The maximum absolute atomic E-state index is 13.5. The molecule has 0 bridgehead atoms.